The van der Waals surface area contributed by atoms with E-state index in [0.717, 1.165) is 32.1 Å². The van der Waals surface area contributed by atoms with Gasteiger partial charge in [0.1, 0.15) is 5.54 Å². The lowest BCUT2D eigenvalue weighted by atomic mass is 9.90. The Hall–Kier alpha value is -1.70. The van der Waals surface area contributed by atoms with Crippen LogP contribution in [0.2, 0.25) is 0 Å². The molecule has 1 fully saturated rings. The van der Waals surface area contributed by atoms with Gasteiger partial charge in [0, 0.05) is 12.5 Å². The molecule has 1 saturated carbocycles. The fourth-order valence-electron chi connectivity index (χ4n) is 2.60. The molecule has 0 spiro atoms. The van der Waals surface area contributed by atoms with E-state index in [-0.39, 0.29) is 6.04 Å². The Balaban J connectivity index is 2.67. The molecule has 20 heavy (non-hydrogen) atoms. The quantitative estimate of drug-likeness (QED) is 0.534. The van der Waals surface area contributed by atoms with Crippen molar-refractivity contribution in [3.05, 3.63) is 0 Å². The van der Waals surface area contributed by atoms with Gasteiger partial charge in [0.15, 0.2) is 0 Å². The van der Waals surface area contributed by atoms with Crippen LogP contribution in [0.25, 0.3) is 0 Å². The van der Waals surface area contributed by atoms with Crippen LogP contribution in [0.15, 0.2) is 0 Å². The molecule has 0 radical (unpaired) electrons. The molecule has 1 rings (SSSR count). The molecule has 112 valence electrons. The maximum atomic E-state index is 12.0. The first kappa shape index (κ1) is 16.4. The first-order valence-electron chi connectivity index (χ1n) is 7.29. The molecule has 1 unspecified atom stereocenters. The molecule has 0 heterocycles. The zero-order valence-corrected chi connectivity index (χ0v) is 12.1. The maximum absolute atomic E-state index is 12.0. The SMILES string of the molecule is C#CCC(CC)NC(=O)NC1(C(=O)O)CCCCCC1. The van der Waals surface area contributed by atoms with Gasteiger partial charge < -0.3 is 15.7 Å². The number of amides is 2. The van der Waals surface area contributed by atoms with Crippen LogP contribution in [0.1, 0.15) is 58.3 Å². The van der Waals surface area contributed by atoms with Gasteiger partial charge in [-0.15, -0.1) is 12.3 Å². The molecule has 3 N–H and O–H groups in total. The van der Waals surface area contributed by atoms with E-state index in [1.165, 1.54) is 0 Å². The Morgan fingerprint density at radius 1 is 1.30 bits per heavy atom. The number of rotatable bonds is 5. The van der Waals surface area contributed by atoms with Crippen molar-refractivity contribution in [2.75, 3.05) is 0 Å². The monoisotopic (exact) mass is 280 g/mol. The minimum atomic E-state index is -1.13. The molecule has 0 aliphatic heterocycles. The minimum absolute atomic E-state index is 0.114. The summed E-state index contributed by atoms with van der Waals surface area (Å²) in [5.41, 5.74) is -1.13. The highest BCUT2D eigenvalue weighted by Crippen LogP contribution is 2.27. The smallest absolute Gasteiger partial charge is 0.329 e. The summed E-state index contributed by atoms with van der Waals surface area (Å²) in [5, 5.41) is 14.9. The molecule has 1 atom stereocenters. The zero-order valence-electron chi connectivity index (χ0n) is 12.1. The van der Waals surface area contributed by atoms with Gasteiger partial charge in [-0.05, 0) is 19.3 Å². The van der Waals surface area contributed by atoms with Crippen molar-refractivity contribution < 1.29 is 14.7 Å². The van der Waals surface area contributed by atoms with E-state index < -0.39 is 17.5 Å². The van der Waals surface area contributed by atoms with Gasteiger partial charge in [0.2, 0.25) is 0 Å². The third kappa shape index (κ3) is 4.44. The van der Waals surface area contributed by atoms with Crippen LogP contribution in [0, 0.1) is 12.3 Å². The normalized spacial score (nSPS) is 19.2. The van der Waals surface area contributed by atoms with Crippen molar-refractivity contribution in [2.45, 2.75) is 69.9 Å². The Morgan fingerprint density at radius 3 is 2.35 bits per heavy atom. The average molecular weight is 280 g/mol. The number of carboxylic acid groups (broad SMARTS) is 1. The second-order valence-electron chi connectivity index (χ2n) is 5.41. The number of urea groups is 1. The summed E-state index contributed by atoms with van der Waals surface area (Å²) >= 11 is 0. The molecule has 1 aliphatic carbocycles. The topological polar surface area (TPSA) is 78.4 Å². The number of hydrogen-bond acceptors (Lipinski definition) is 2. The molecule has 0 aromatic rings. The summed E-state index contributed by atoms with van der Waals surface area (Å²) in [7, 11) is 0. The molecule has 2 amide bonds. The van der Waals surface area contributed by atoms with Crippen molar-refractivity contribution >= 4 is 12.0 Å². The largest absolute Gasteiger partial charge is 0.480 e. The van der Waals surface area contributed by atoms with Gasteiger partial charge in [-0.1, -0.05) is 32.6 Å². The van der Waals surface area contributed by atoms with Gasteiger partial charge in [0.25, 0.3) is 0 Å². The molecule has 5 nitrogen and oxygen atoms in total. The number of carbonyl (C=O) groups excluding carboxylic acids is 1. The average Bonchev–Trinajstić information content (AvgIpc) is 2.64. The molecular weight excluding hydrogens is 256 g/mol. The maximum Gasteiger partial charge on any atom is 0.329 e. The van der Waals surface area contributed by atoms with E-state index in [9.17, 15) is 14.7 Å². The minimum Gasteiger partial charge on any atom is -0.480 e. The highest BCUT2D eigenvalue weighted by molar-refractivity contribution is 5.86. The third-order valence-corrected chi connectivity index (χ3v) is 3.91. The number of terminal acetylenes is 1. The zero-order chi connectivity index (χ0) is 15.0. The van der Waals surface area contributed by atoms with Crippen LogP contribution >= 0.6 is 0 Å². The lowest BCUT2D eigenvalue weighted by molar-refractivity contribution is -0.145. The molecule has 1 aliphatic rings. The molecule has 5 heteroatoms. The number of carboxylic acids is 1. The van der Waals surface area contributed by atoms with Crippen molar-refractivity contribution in [3.63, 3.8) is 0 Å². The van der Waals surface area contributed by atoms with Crippen LogP contribution < -0.4 is 10.6 Å². The van der Waals surface area contributed by atoms with Crippen molar-refractivity contribution in [1.82, 2.24) is 10.6 Å². The Bertz CT molecular complexity index is 379. The lowest BCUT2D eigenvalue weighted by Crippen LogP contribution is -2.58. The Kier molecular flexibility index (Phi) is 6.37. The second kappa shape index (κ2) is 7.78. The van der Waals surface area contributed by atoms with Crippen LogP contribution in [0.5, 0.6) is 0 Å². The standard InChI is InChI=1S/C15H24N2O3/c1-3-9-12(4-2)16-14(20)17-15(13(18)19)10-7-5-6-8-11-15/h1,12H,4-11H2,2H3,(H,18,19)(H2,16,17,20). The fourth-order valence-corrected chi connectivity index (χ4v) is 2.60. The van der Waals surface area contributed by atoms with Crippen LogP contribution in [0.3, 0.4) is 0 Å². The number of nitrogens with one attached hydrogen (secondary N) is 2. The first-order chi connectivity index (χ1) is 9.54. The van der Waals surface area contributed by atoms with E-state index in [2.05, 4.69) is 16.6 Å². The van der Waals surface area contributed by atoms with Gasteiger partial charge in [-0.3, -0.25) is 0 Å². The molecular formula is C15H24N2O3. The molecule has 0 bridgehead atoms. The van der Waals surface area contributed by atoms with E-state index in [1.807, 2.05) is 6.92 Å². The first-order valence-corrected chi connectivity index (χ1v) is 7.29. The van der Waals surface area contributed by atoms with Crippen molar-refractivity contribution in [1.29, 1.82) is 0 Å². The Labute approximate surface area is 120 Å². The lowest BCUT2D eigenvalue weighted by Gasteiger charge is -2.30. The third-order valence-electron chi connectivity index (χ3n) is 3.91. The van der Waals surface area contributed by atoms with Gasteiger partial charge in [0.05, 0.1) is 0 Å². The van der Waals surface area contributed by atoms with Crippen molar-refractivity contribution in [2.24, 2.45) is 0 Å². The fraction of sp³-hybridized carbons (Fsp3) is 0.733. The van der Waals surface area contributed by atoms with E-state index in [4.69, 9.17) is 6.42 Å². The van der Waals surface area contributed by atoms with E-state index >= 15 is 0 Å². The summed E-state index contributed by atoms with van der Waals surface area (Å²) < 4.78 is 0. The number of aliphatic carboxylic acids is 1. The Morgan fingerprint density at radius 2 is 1.90 bits per heavy atom. The second-order valence-corrected chi connectivity index (χ2v) is 5.41. The predicted molar refractivity (Wildman–Crippen MR) is 77.3 cm³/mol. The highest BCUT2D eigenvalue weighted by atomic mass is 16.4. The summed E-state index contributed by atoms with van der Waals surface area (Å²) in [6, 6.07) is -0.548. The van der Waals surface area contributed by atoms with E-state index in [0.29, 0.717) is 19.3 Å². The molecule has 0 aromatic carbocycles. The van der Waals surface area contributed by atoms with Crippen LogP contribution in [0.4, 0.5) is 4.79 Å². The van der Waals surface area contributed by atoms with Gasteiger partial charge in [-0.25, -0.2) is 9.59 Å². The predicted octanol–water partition coefficient (Wildman–Crippen LogP) is 2.27. The summed E-state index contributed by atoms with van der Waals surface area (Å²) in [5.74, 6) is 1.57. The van der Waals surface area contributed by atoms with Gasteiger partial charge >= 0.3 is 12.0 Å². The van der Waals surface area contributed by atoms with Crippen LogP contribution in [-0.4, -0.2) is 28.7 Å². The van der Waals surface area contributed by atoms with Crippen molar-refractivity contribution in [3.8, 4) is 12.3 Å². The van der Waals surface area contributed by atoms with E-state index in [1.54, 1.807) is 0 Å². The molecule has 0 saturated heterocycles. The van der Waals surface area contributed by atoms with Crippen LogP contribution in [-0.2, 0) is 4.79 Å². The number of carbonyl (C=O) groups is 2. The van der Waals surface area contributed by atoms with Gasteiger partial charge in [-0.2, -0.15) is 0 Å². The number of hydrogen-bond donors (Lipinski definition) is 3. The summed E-state index contributed by atoms with van der Waals surface area (Å²) in [4.78, 5) is 23.6. The highest BCUT2D eigenvalue weighted by Gasteiger charge is 2.40. The summed E-state index contributed by atoms with van der Waals surface area (Å²) in [6.45, 7) is 1.93. The molecule has 0 aromatic heterocycles. The summed E-state index contributed by atoms with van der Waals surface area (Å²) in [6.07, 6.45) is 11.1.